The summed E-state index contributed by atoms with van der Waals surface area (Å²) in [5.41, 5.74) is 0.802. The van der Waals surface area contributed by atoms with Crippen LogP contribution >= 0.6 is 11.6 Å². The Labute approximate surface area is 134 Å². The van der Waals surface area contributed by atoms with Crippen molar-refractivity contribution in [2.45, 2.75) is 26.3 Å². The van der Waals surface area contributed by atoms with Crippen LogP contribution in [0.1, 0.15) is 31.9 Å². The van der Waals surface area contributed by atoms with Gasteiger partial charge in [0, 0.05) is 32.0 Å². The highest BCUT2D eigenvalue weighted by atomic mass is 35.5. The Morgan fingerprint density at radius 2 is 1.59 bits per heavy atom. The Morgan fingerprint density at radius 3 is 2.14 bits per heavy atom. The van der Waals surface area contributed by atoms with Crippen molar-refractivity contribution in [1.29, 1.82) is 0 Å². The molecule has 1 rings (SSSR count). The van der Waals surface area contributed by atoms with Crippen LogP contribution in [0.15, 0.2) is 24.3 Å². The topological polar surface area (TPSA) is 87.3 Å². The molecule has 0 bridgehead atoms. The molecule has 0 spiro atoms. The number of carbonyl (C=O) groups is 3. The maximum Gasteiger partial charge on any atom is 0.222 e. The van der Waals surface area contributed by atoms with Crippen LogP contribution in [-0.4, -0.2) is 30.8 Å². The summed E-state index contributed by atoms with van der Waals surface area (Å²) in [6.07, 6.45) is 0.112. The Bertz CT molecular complexity index is 531. The minimum atomic E-state index is -0.421. The molecule has 0 heterocycles. The molecule has 0 fully saturated rings. The third kappa shape index (κ3) is 7.08. The fraction of sp³-hybridized carbons (Fsp3) is 0.400. The average Bonchev–Trinajstić information content (AvgIpc) is 2.43. The van der Waals surface area contributed by atoms with Crippen LogP contribution in [0.2, 0.25) is 5.02 Å². The van der Waals surface area contributed by atoms with Crippen molar-refractivity contribution in [2.24, 2.45) is 0 Å². The van der Waals surface area contributed by atoms with E-state index >= 15 is 0 Å². The molecule has 0 saturated carbocycles. The summed E-state index contributed by atoms with van der Waals surface area (Å²) in [5.74, 6) is -0.573. The SMILES string of the molecule is CC(=O)NCCNC(=O)C[C@@H](NC(C)=O)c1ccc(Cl)cc1. The van der Waals surface area contributed by atoms with Gasteiger partial charge in [0.2, 0.25) is 17.7 Å². The first kappa shape index (κ1) is 18.0. The second-order valence-corrected chi connectivity index (χ2v) is 5.28. The predicted molar refractivity (Wildman–Crippen MR) is 84.3 cm³/mol. The van der Waals surface area contributed by atoms with Gasteiger partial charge in [-0.25, -0.2) is 0 Å². The van der Waals surface area contributed by atoms with Gasteiger partial charge in [-0.2, -0.15) is 0 Å². The first-order valence-corrected chi connectivity index (χ1v) is 7.30. The van der Waals surface area contributed by atoms with Crippen molar-refractivity contribution in [2.75, 3.05) is 13.1 Å². The molecule has 0 aromatic heterocycles. The first-order valence-electron chi connectivity index (χ1n) is 6.92. The van der Waals surface area contributed by atoms with E-state index in [4.69, 9.17) is 11.6 Å². The van der Waals surface area contributed by atoms with Crippen LogP contribution in [-0.2, 0) is 14.4 Å². The van der Waals surface area contributed by atoms with E-state index in [1.807, 2.05) is 0 Å². The third-order valence-corrected chi connectivity index (χ3v) is 3.11. The molecule has 22 heavy (non-hydrogen) atoms. The summed E-state index contributed by atoms with van der Waals surface area (Å²) in [4.78, 5) is 33.9. The molecule has 0 saturated heterocycles. The van der Waals surface area contributed by atoms with E-state index in [1.54, 1.807) is 24.3 Å². The number of benzene rings is 1. The summed E-state index contributed by atoms with van der Waals surface area (Å²) >= 11 is 5.84. The zero-order chi connectivity index (χ0) is 16.5. The molecule has 0 aliphatic rings. The van der Waals surface area contributed by atoms with Crippen LogP contribution in [0.5, 0.6) is 0 Å². The molecule has 0 aliphatic carbocycles. The number of nitrogens with one attached hydrogen (secondary N) is 3. The lowest BCUT2D eigenvalue weighted by Gasteiger charge is -2.18. The fourth-order valence-electron chi connectivity index (χ4n) is 1.89. The van der Waals surface area contributed by atoms with Gasteiger partial charge in [0.15, 0.2) is 0 Å². The van der Waals surface area contributed by atoms with E-state index in [2.05, 4.69) is 16.0 Å². The number of hydrogen-bond acceptors (Lipinski definition) is 3. The number of halogens is 1. The van der Waals surface area contributed by atoms with Crippen LogP contribution in [0.25, 0.3) is 0 Å². The van der Waals surface area contributed by atoms with E-state index in [1.165, 1.54) is 13.8 Å². The molecule has 3 amide bonds. The summed E-state index contributed by atoms with van der Waals surface area (Å²) in [7, 11) is 0. The normalized spacial score (nSPS) is 11.4. The smallest absolute Gasteiger partial charge is 0.222 e. The van der Waals surface area contributed by atoms with Crippen molar-refractivity contribution in [1.82, 2.24) is 16.0 Å². The van der Waals surface area contributed by atoms with Gasteiger partial charge in [-0.3, -0.25) is 14.4 Å². The maximum absolute atomic E-state index is 11.9. The summed E-state index contributed by atoms with van der Waals surface area (Å²) < 4.78 is 0. The van der Waals surface area contributed by atoms with Crippen LogP contribution in [0.3, 0.4) is 0 Å². The van der Waals surface area contributed by atoms with Crippen molar-refractivity contribution >= 4 is 29.3 Å². The zero-order valence-corrected chi connectivity index (χ0v) is 13.4. The fourth-order valence-corrected chi connectivity index (χ4v) is 2.02. The average molecular weight is 326 g/mol. The van der Waals surface area contributed by atoms with Crippen LogP contribution in [0.4, 0.5) is 0 Å². The van der Waals surface area contributed by atoms with Crippen LogP contribution < -0.4 is 16.0 Å². The van der Waals surface area contributed by atoms with Gasteiger partial charge in [-0.05, 0) is 17.7 Å². The Morgan fingerprint density at radius 1 is 1.00 bits per heavy atom. The lowest BCUT2D eigenvalue weighted by Crippen LogP contribution is -2.36. The number of amides is 3. The Balaban J connectivity index is 2.57. The molecule has 3 N–H and O–H groups in total. The summed E-state index contributed by atoms with van der Waals surface area (Å²) in [6, 6.07) is 6.54. The highest BCUT2D eigenvalue weighted by molar-refractivity contribution is 6.30. The molecule has 1 atom stereocenters. The maximum atomic E-state index is 11.9. The quantitative estimate of drug-likeness (QED) is 0.657. The zero-order valence-electron chi connectivity index (χ0n) is 12.6. The van der Waals surface area contributed by atoms with E-state index in [9.17, 15) is 14.4 Å². The van der Waals surface area contributed by atoms with Gasteiger partial charge in [0.05, 0.1) is 12.5 Å². The number of hydrogen-bond donors (Lipinski definition) is 3. The molecule has 0 radical (unpaired) electrons. The summed E-state index contributed by atoms with van der Waals surface area (Å²) in [6.45, 7) is 3.52. The van der Waals surface area contributed by atoms with Crippen molar-refractivity contribution in [3.63, 3.8) is 0 Å². The standard InChI is InChI=1S/C15H20ClN3O3/c1-10(20)17-7-8-18-15(22)9-14(19-11(2)21)12-3-5-13(16)6-4-12/h3-6,14H,7-9H2,1-2H3,(H,17,20)(H,18,22)(H,19,21)/t14-/m1/s1. The van der Waals surface area contributed by atoms with Gasteiger partial charge in [0.1, 0.15) is 0 Å². The second-order valence-electron chi connectivity index (χ2n) is 4.84. The number of rotatable bonds is 7. The first-order chi connectivity index (χ1) is 10.4. The monoisotopic (exact) mass is 325 g/mol. The lowest BCUT2D eigenvalue weighted by atomic mass is 10.0. The van der Waals surface area contributed by atoms with Gasteiger partial charge in [-0.15, -0.1) is 0 Å². The molecule has 0 aliphatic heterocycles. The molecule has 7 heteroatoms. The molecular formula is C15H20ClN3O3. The second kappa shape index (κ2) is 9.04. The minimum Gasteiger partial charge on any atom is -0.355 e. The van der Waals surface area contributed by atoms with Gasteiger partial charge >= 0.3 is 0 Å². The highest BCUT2D eigenvalue weighted by Crippen LogP contribution is 2.19. The van der Waals surface area contributed by atoms with Crippen LogP contribution in [0, 0.1) is 0 Å². The Hall–Kier alpha value is -2.08. The van der Waals surface area contributed by atoms with E-state index in [-0.39, 0.29) is 24.1 Å². The van der Waals surface area contributed by atoms with Crippen molar-refractivity contribution in [3.8, 4) is 0 Å². The lowest BCUT2D eigenvalue weighted by molar-refractivity contribution is -0.123. The van der Waals surface area contributed by atoms with E-state index < -0.39 is 6.04 Å². The third-order valence-electron chi connectivity index (χ3n) is 2.86. The van der Waals surface area contributed by atoms with Crippen molar-refractivity contribution < 1.29 is 14.4 Å². The summed E-state index contributed by atoms with van der Waals surface area (Å²) in [5, 5.41) is 8.61. The molecular weight excluding hydrogens is 306 g/mol. The molecule has 1 aromatic carbocycles. The van der Waals surface area contributed by atoms with Gasteiger partial charge < -0.3 is 16.0 Å². The minimum absolute atomic E-state index is 0.112. The van der Waals surface area contributed by atoms with Gasteiger partial charge in [0.25, 0.3) is 0 Å². The van der Waals surface area contributed by atoms with Crippen molar-refractivity contribution in [3.05, 3.63) is 34.9 Å². The molecule has 6 nitrogen and oxygen atoms in total. The highest BCUT2D eigenvalue weighted by Gasteiger charge is 2.16. The van der Waals surface area contributed by atoms with E-state index in [0.717, 1.165) is 5.56 Å². The molecule has 1 aromatic rings. The van der Waals surface area contributed by atoms with E-state index in [0.29, 0.717) is 18.1 Å². The van der Waals surface area contributed by atoms with Gasteiger partial charge in [-0.1, -0.05) is 23.7 Å². The molecule has 120 valence electrons. The largest absolute Gasteiger partial charge is 0.355 e. The Kier molecular flexibility index (Phi) is 7.39. The predicted octanol–water partition coefficient (Wildman–Crippen LogP) is 1.16. The number of carbonyl (C=O) groups excluding carboxylic acids is 3. The molecule has 0 unspecified atom stereocenters.